The van der Waals surface area contributed by atoms with Crippen molar-refractivity contribution in [3.05, 3.63) is 72.6 Å². The van der Waals surface area contributed by atoms with Crippen LogP contribution in [0.2, 0.25) is 0 Å². The summed E-state index contributed by atoms with van der Waals surface area (Å²) in [6, 6.07) is 16.4. The van der Waals surface area contributed by atoms with Crippen LogP contribution in [0.25, 0.3) is 11.4 Å². The van der Waals surface area contributed by atoms with Crippen molar-refractivity contribution >= 4 is 5.91 Å². The largest absolute Gasteiger partial charge is 0.278 e. The molecule has 0 unspecified atom stereocenters. The Balaban J connectivity index is 1.92. The normalized spacial score (nSPS) is 10.3. The molecule has 1 aromatic carbocycles. The van der Waals surface area contributed by atoms with Crippen molar-refractivity contribution in [1.82, 2.24) is 14.8 Å². The Labute approximate surface area is 110 Å². The van der Waals surface area contributed by atoms with Gasteiger partial charge in [-0.1, -0.05) is 24.3 Å². The van der Waals surface area contributed by atoms with Crippen molar-refractivity contribution in [2.45, 2.75) is 0 Å². The van der Waals surface area contributed by atoms with Crippen LogP contribution < -0.4 is 0 Å². The SMILES string of the molecule is O=C(c1ccccc1)n1ccc(-c2ccccn2)n1. The molecule has 0 radical (unpaired) electrons. The summed E-state index contributed by atoms with van der Waals surface area (Å²) in [4.78, 5) is 16.4. The van der Waals surface area contributed by atoms with Crippen molar-refractivity contribution in [3.63, 3.8) is 0 Å². The van der Waals surface area contributed by atoms with Crippen molar-refractivity contribution in [2.75, 3.05) is 0 Å². The molecule has 0 amide bonds. The van der Waals surface area contributed by atoms with Crippen LogP contribution in [0.4, 0.5) is 0 Å². The third-order valence-electron chi connectivity index (χ3n) is 2.75. The highest BCUT2D eigenvalue weighted by atomic mass is 16.2. The van der Waals surface area contributed by atoms with Gasteiger partial charge < -0.3 is 0 Å². The van der Waals surface area contributed by atoms with Crippen LogP contribution in [-0.2, 0) is 0 Å². The van der Waals surface area contributed by atoms with Gasteiger partial charge in [0, 0.05) is 18.0 Å². The lowest BCUT2D eigenvalue weighted by Gasteiger charge is -1.99. The summed E-state index contributed by atoms with van der Waals surface area (Å²) in [5, 5.41) is 4.26. The molecule has 92 valence electrons. The van der Waals surface area contributed by atoms with E-state index in [1.54, 1.807) is 30.6 Å². The minimum absolute atomic E-state index is 0.150. The van der Waals surface area contributed by atoms with Gasteiger partial charge in [-0.3, -0.25) is 9.78 Å². The molecule has 0 aliphatic rings. The Morgan fingerprint density at radius 3 is 2.42 bits per heavy atom. The molecule has 0 bridgehead atoms. The fourth-order valence-electron chi connectivity index (χ4n) is 1.80. The third kappa shape index (κ3) is 2.28. The van der Waals surface area contributed by atoms with E-state index in [1.165, 1.54) is 4.68 Å². The number of carbonyl (C=O) groups is 1. The van der Waals surface area contributed by atoms with Gasteiger partial charge in [-0.2, -0.15) is 5.10 Å². The molecule has 0 saturated heterocycles. The Morgan fingerprint density at radius 1 is 0.895 bits per heavy atom. The maximum Gasteiger partial charge on any atom is 0.278 e. The van der Waals surface area contributed by atoms with E-state index in [0.717, 1.165) is 5.69 Å². The number of aromatic nitrogens is 3. The summed E-state index contributed by atoms with van der Waals surface area (Å²) in [6.07, 6.45) is 3.35. The fourth-order valence-corrected chi connectivity index (χ4v) is 1.80. The summed E-state index contributed by atoms with van der Waals surface area (Å²) in [5.74, 6) is -0.150. The van der Waals surface area contributed by atoms with Crippen LogP contribution >= 0.6 is 0 Å². The van der Waals surface area contributed by atoms with Crippen molar-refractivity contribution in [1.29, 1.82) is 0 Å². The van der Waals surface area contributed by atoms with Gasteiger partial charge >= 0.3 is 0 Å². The van der Waals surface area contributed by atoms with E-state index >= 15 is 0 Å². The van der Waals surface area contributed by atoms with Gasteiger partial charge in [-0.05, 0) is 30.3 Å². The minimum Gasteiger partial charge on any atom is -0.267 e. The van der Waals surface area contributed by atoms with Crippen LogP contribution in [0.1, 0.15) is 10.4 Å². The van der Waals surface area contributed by atoms with Crippen LogP contribution in [-0.4, -0.2) is 20.7 Å². The Hall–Kier alpha value is -2.75. The predicted octanol–water partition coefficient (Wildman–Crippen LogP) is 2.63. The molecule has 4 nitrogen and oxygen atoms in total. The molecule has 0 fully saturated rings. The molecule has 0 atom stereocenters. The molecule has 3 aromatic rings. The van der Waals surface area contributed by atoms with E-state index in [-0.39, 0.29) is 5.91 Å². The van der Waals surface area contributed by atoms with E-state index in [9.17, 15) is 4.79 Å². The number of hydrogen-bond acceptors (Lipinski definition) is 3. The summed E-state index contributed by atoms with van der Waals surface area (Å²) in [6.45, 7) is 0. The molecule has 0 saturated carbocycles. The van der Waals surface area contributed by atoms with Gasteiger partial charge in [-0.25, -0.2) is 4.68 Å². The molecule has 2 aromatic heterocycles. The van der Waals surface area contributed by atoms with Crippen LogP contribution in [0, 0.1) is 0 Å². The zero-order valence-electron chi connectivity index (χ0n) is 10.1. The second-order valence-corrected chi connectivity index (χ2v) is 4.03. The maximum absolute atomic E-state index is 12.2. The first kappa shape index (κ1) is 11.3. The van der Waals surface area contributed by atoms with E-state index in [1.807, 2.05) is 36.4 Å². The third-order valence-corrected chi connectivity index (χ3v) is 2.75. The van der Waals surface area contributed by atoms with Crippen LogP contribution in [0.15, 0.2) is 67.0 Å². The molecule has 4 heteroatoms. The molecule has 0 aliphatic carbocycles. The molecule has 0 N–H and O–H groups in total. The highest BCUT2D eigenvalue weighted by Gasteiger charge is 2.10. The van der Waals surface area contributed by atoms with Gasteiger partial charge in [0.1, 0.15) is 5.69 Å². The summed E-state index contributed by atoms with van der Waals surface area (Å²) >= 11 is 0. The fraction of sp³-hybridized carbons (Fsp3) is 0. The van der Waals surface area contributed by atoms with Crippen molar-refractivity contribution in [2.24, 2.45) is 0 Å². The maximum atomic E-state index is 12.2. The summed E-state index contributed by atoms with van der Waals surface area (Å²) < 4.78 is 1.33. The van der Waals surface area contributed by atoms with Gasteiger partial charge in [0.15, 0.2) is 0 Å². The number of carbonyl (C=O) groups excluding carboxylic acids is 1. The second kappa shape index (κ2) is 4.86. The highest BCUT2D eigenvalue weighted by molar-refractivity contribution is 5.95. The molecular formula is C15H11N3O. The number of pyridine rings is 1. The van der Waals surface area contributed by atoms with Crippen molar-refractivity contribution < 1.29 is 4.79 Å². The Morgan fingerprint density at radius 2 is 1.68 bits per heavy atom. The zero-order chi connectivity index (χ0) is 13.1. The molecule has 19 heavy (non-hydrogen) atoms. The van der Waals surface area contributed by atoms with E-state index in [4.69, 9.17) is 0 Å². The van der Waals surface area contributed by atoms with Gasteiger partial charge in [-0.15, -0.1) is 0 Å². The average molecular weight is 249 g/mol. The second-order valence-electron chi connectivity index (χ2n) is 4.03. The highest BCUT2D eigenvalue weighted by Crippen LogP contribution is 2.13. The Bertz CT molecular complexity index is 690. The average Bonchev–Trinajstić information content (AvgIpc) is 2.98. The number of hydrogen-bond donors (Lipinski definition) is 0. The zero-order valence-corrected chi connectivity index (χ0v) is 10.1. The van der Waals surface area contributed by atoms with Gasteiger partial charge in [0.05, 0.1) is 5.69 Å². The van der Waals surface area contributed by atoms with Gasteiger partial charge in [0.25, 0.3) is 5.91 Å². The number of benzene rings is 1. The standard InChI is InChI=1S/C15H11N3O/c19-15(12-6-2-1-3-7-12)18-11-9-14(17-18)13-8-4-5-10-16-13/h1-11H. The lowest BCUT2D eigenvalue weighted by Crippen LogP contribution is -2.12. The molecule has 0 spiro atoms. The van der Waals surface area contributed by atoms with Gasteiger partial charge in [0.2, 0.25) is 0 Å². The number of rotatable bonds is 2. The van der Waals surface area contributed by atoms with E-state index < -0.39 is 0 Å². The lowest BCUT2D eigenvalue weighted by atomic mass is 10.2. The summed E-state index contributed by atoms with van der Waals surface area (Å²) in [7, 11) is 0. The monoisotopic (exact) mass is 249 g/mol. The predicted molar refractivity (Wildman–Crippen MR) is 71.6 cm³/mol. The van der Waals surface area contributed by atoms with Crippen molar-refractivity contribution in [3.8, 4) is 11.4 Å². The smallest absolute Gasteiger partial charge is 0.267 e. The quantitative estimate of drug-likeness (QED) is 0.701. The van der Waals surface area contributed by atoms with E-state index in [0.29, 0.717) is 11.3 Å². The van der Waals surface area contributed by atoms with Crippen LogP contribution in [0.5, 0.6) is 0 Å². The number of nitrogens with zero attached hydrogens (tertiary/aromatic N) is 3. The minimum atomic E-state index is -0.150. The lowest BCUT2D eigenvalue weighted by molar-refractivity contribution is 0.0945. The molecule has 2 heterocycles. The van der Waals surface area contributed by atoms with E-state index in [2.05, 4.69) is 10.1 Å². The topological polar surface area (TPSA) is 47.8 Å². The first-order valence-electron chi connectivity index (χ1n) is 5.91. The molecule has 3 rings (SSSR count). The molecule has 0 aliphatic heterocycles. The van der Waals surface area contributed by atoms with Crippen LogP contribution in [0.3, 0.4) is 0 Å². The summed E-state index contributed by atoms with van der Waals surface area (Å²) in [5.41, 5.74) is 2.05. The Kier molecular flexibility index (Phi) is 2.90. The first-order valence-corrected chi connectivity index (χ1v) is 5.91. The molecular weight excluding hydrogens is 238 g/mol. The first-order chi connectivity index (χ1) is 9.34.